The summed E-state index contributed by atoms with van der Waals surface area (Å²) in [4.78, 5) is 25.3. The molecule has 1 fully saturated rings. The van der Waals surface area contributed by atoms with Crippen LogP contribution in [0.25, 0.3) is 0 Å². The smallest absolute Gasteiger partial charge is 0.258 e. The number of nitrogens with two attached hydrogens (primary N) is 1. The molecule has 0 spiro atoms. The Balaban J connectivity index is 2.24. The molecular weight excluding hydrogens is 246 g/mol. The molecule has 104 valence electrons. The van der Waals surface area contributed by atoms with Crippen molar-refractivity contribution in [2.45, 2.75) is 19.4 Å². The number of aryl methyl sites for hydroxylation is 2. The van der Waals surface area contributed by atoms with Crippen molar-refractivity contribution in [3.05, 3.63) is 17.5 Å². The number of primary amides is 1. The second-order valence-corrected chi connectivity index (χ2v) is 4.85. The van der Waals surface area contributed by atoms with E-state index >= 15 is 0 Å². The summed E-state index contributed by atoms with van der Waals surface area (Å²) in [6.45, 7) is 3.26. The molecule has 0 radical (unpaired) electrons. The average molecular weight is 265 g/mol. The second kappa shape index (κ2) is 5.40. The van der Waals surface area contributed by atoms with Crippen molar-refractivity contribution in [3.63, 3.8) is 0 Å². The Bertz CT molecular complexity index is 490. The van der Waals surface area contributed by atoms with Crippen LogP contribution in [0.1, 0.15) is 22.5 Å². The highest BCUT2D eigenvalue weighted by molar-refractivity contribution is 5.97. The lowest BCUT2D eigenvalue weighted by molar-refractivity contribution is -0.119. The monoisotopic (exact) mass is 265 g/mol. The molecule has 1 aliphatic rings. The van der Waals surface area contributed by atoms with Gasteiger partial charge in [-0.25, -0.2) is 0 Å². The quantitative estimate of drug-likeness (QED) is 0.731. The number of carbonyl (C=O) groups excluding carboxylic acids is 2. The molecule has 1 atom stereocenters. The molecule has 2 heterocycles. The van der Waals surface area contributed by atoms with Gasteiger partial charge in [0.2, 0.25) is 5.91 Å². The van der Waals surface area contributed by atoms with Crippen LogP contribution in [0.4, 0.5) is 0 Å². The van der Waals surface area contributed by atoms with Crippen molar-refractivity contribution in [2.75, 3.05) is 19.6 Å². The minimum Gasteiger partial charge on any atom is -0.368 e. The first-order valence-electron chi connectivity index (χ1n) is 6.29. The Morgan fingerprint density at radius 1 is 1.63 bits per heavy atom. The van der Waals surface area contributed by atoms with Gasteiger partial charge in [0.25, 0.3) is 5.91 Å². The zero-order valence-electron chi connectivity index (χ0n) is 11.2. The molecule has 19 heavy (non-hydrogen) atoms. The van der Waals surface area contributed by atoms with Gasteiger partial charge in [0.05, 0.1) is 17.8 Å². The van der Waals surface area contributed by atoms with E-state index in [0.717, 1.165) is 13.0 Å². The number of rotatable bonds is 4. The van der Waals surface area contributed by atoms with Crippen LogP contribution in [0.3, 0.4) is 0 Å². The van der Waals surface area contributed by atoms with E-state index in [1.54, 1.807) is 29.7 Å². The number of nitrogens with one attached hydrogen (secondary N) is 1. The van der Waals surface area contributed by atoms with Crippen molar-refractivity contribution in [1.29, 1.82) is 0 Å². The van der Waals surface area contributed by atoms with E-state index in [9.17, 15) is 9.59 Å². The third kappa shape index (κ3) is 2.93. The molecule has 1 aromatic rings. The lowest BCUT2D eigenvalue weighted by Gasteiger charge is -2.27. The summed E-state index contributed by atoms with van der Waals surface area (Å²) < 4.78 is 1.60. The third-order valence-corrected chi connectivity index (χ3v) is 3.31. The lowest BCUT2D eigenvalue weighted by atomic mass is 10.1. The molecular formula is C12H19N5O2. The molecule has 1 aliphatic heterocycles. The minimum absolute atomic E-state index is 0.0135. The molecule has 7 heteroatoms. The van der Waals surface area contributed by atoms with Gasteiger partial charge in [0.1, 0.15) is 0 Å². The van der Waals surface area contributed by atoms with Crippen LogP contribution in [0.15, 0.2) is 6.20 Å². The van der Waals surface area contributed by atoms with E-state index in [1.807, 2.05) is 0 Å². The molecule has 3 N–H and O–H groups in total. The van der Waals surface area contributed by atoms with Gasteiger partial charge in [0, 0.05) is 25.8 Å². The van der Waals surface area contributed by atoms with Gasteiger partial charge in [-0.3, -0.25) is 14.3 Å². The first-order chi connectivity index (χ1) is 8.99. The zero-order chi connectivity index (χ0) is 14.0. The lowest BCUT2D eigenvalue weighted by Crippen LogP contribution is -2.46. The van der Waals surface area contributed by atoms with Crippen molar-refractivity contribution in [3.8, 4) is 0 Å². The number of aromatic nitrogens is 2. The van der Waals surface area contributed by atoms with Crippen LogP contribution in [-0.2, 0) is 11.8 Å². The van der Waals surface area contributed by atoms with Crippen LogP contribution in [0.5, 0.6) is 0 Å². The summed E-state index contributed by atoms with van der Waals surface area (Å²) in [5.41, 5.74) is 6.43. The Labute approximate surface area is 111 Å². The Hall–Kier alpha value is -1.89. The SMILES string of the molecule is Cc1nn(C)cc1C(=O)N(CC(N)=O)C1CCNC1. The van der Waals surface area contributed by atoms with Gasteiger partial charge >= 0.3 is 0 Å². The van der Waals surface area contributed by atoms with Crippen LogP contribution in [0, 0.1) is 6.92 Å². The fourth-order valence-corrected chi connectivity index (χ4v) is 2.40. The van der Waals surface area contributed by atoms with E-state index in [-0.39, 0.29) is 18.5 Å². The summed E-state index contributed by atoms with van der Waals surface area (Å²) in [6.07, 6.45) is 2.51. The van der Waals surface area contributed by atoms with Gasteiger partial charge < -0.3 is 16.0 Å². The van der Waals surface area contributed by atoms with E-state index in [0.29, 0.717) is 17.8 Å². The van der Waals surface area contributed by atoms with Gasteiger partial charge in [-0.1, -0.05) is 0 Å². The highest BCUT2D eigenvalue weighted by atomic mass is 16.2. The number of amides is 2. The fraction of sp³-hybridized carbons (Fsp3) is 0.583. The zero-order valence-corrected chi connectivity index (χ0v) is 11.2. The van der Waals surface area contributed by atoms with Crippen molar-refractivity contribution in [1.82, 2.24) is 20.0 Å². The topological polar surface area (TPSA) is 93.2 Å². The number of carbonyl (C=O) groups is 2. The molecule has 1 unspecified atom stereocenters. The second-order valence-electron chi connectivity index (χ2n) is 4.85. The fourth-order valence-electron chi connectivity index (χ4n) is 2.40. The standard InChI is InChI=1S/C12H19N5O2/c1-8-10(6-16(2)15-8)12(19)17(7-11(13)18)9-3-4-14-5-9/h6,9,14H,3-5,7H2,1-2H3,(H2,13,18). The Morgan fingerprint density at radius 3 is 2.84 bits per heavy atom. The third-order valence-electron chi connectivity index (χ3n) is 3.31. The van der Waals surface area contributed by atoms with Crippen LogP contribution < -0.4 is 11.1 Å². The summed E-state index contributed by atoms with van der Waals surface area (Å²) in [5.74, 6) is -0.681. The Morgan fingerprint density at radius 2 is 2.37 bits per heavy atom. The molecule has 1 aromatic heterocycles. The summed E-state index contributed by atoms with van der Waals surface area (Å²) in [6, 6.07) is 0.0135. The van der Waals surface area contributed by atoms with Crippen molar-refractivity contribution in [2.24, 2.45) is 12.8 Å². The summed E-state index contributed by atoms with van der Waals surface area (Å²) in [7, 11) is 1.76. The molecule has 2 amide bonds. The van der Waals surface area contributed by atoms with E-state index in [1.165, 1.54) is 0 Å². The molecule has 0 aliphatic carbocycles. The molecule has 0 saturated carbocycles. The van der Waals surface area contributed by atoms with E-state index in [4.69, 9.17) is 5.73 Å². The highest BCUT2D eigenvalue weighted by Gasteiger charge is 2.29. The predicted octanol–water partition coefficient (Wildman–Crippen LogP) is -0.982. The van der Waals surface area contributed by atoms with E-state index in [2.05, 4.69) is 10.4 Å². The van der Waals surface area contributed by atoms with Crippen LogP contribution in [-0.4, -0.2) is 52.2 Å². The average Bonchev–Trinajstić information content (AvgIpc) is 2.94. The predicted molar refractivity (Wildman–Crippen MR) is 69.5 cm³/mol. The Kier molecular flexibility index (Phi) is 3.84. The number of hydrogen-bond acceptors (Lipinski definition) is 4. The molecule has 1 saturated heterocycles. The van der Waals surface area contributed by atoms with Crippen LogP contribution in [0.2, 0.25) is 0 Å². The normalized spacial score (nSPS) is 18.5. The van der Waals surface area contributed by atoms with Gasteiger partial charge in [0.15, 0.2) is 0 Å². The number of hydrogen-bond donors (Lipinski definition) is 2. The summed E-state index contributed by atoms with van der Waals surface area (Å²) >= 11 is 0. The number of nitrogens with zero attached hydrogens (tertiary/aromatic N) is 3. The summed E-state index contributed by atoms with van der Waals surface area (Å²) in [5, 5.41) is 7.34. The molecule has 0 aromatic carbocycles. The van der Waals surface area contributed by atoms with Gasteiger partial charge in [-0.2, -0.15) is 5.10 Å². The molecule has 0 bridgehead atoms. The van der Waals surface area contributed by atoms with Gasteiger partial charge in [-0.15, -0.1) is 0 Å². The molecule has 7 nitrogen and oxygen atoms in total. The highest BCUT2D eigenvalue weighted by Crippen LogP contribution is 2.15. The first kappa shape index (κ1) is 13.5. The maximum absolute atomic E-state index is 12.5. The van der Waals surface area contributed by atoms with E-state index < -0.39 is 5.91 Å². The molecule has 2 rings (SSSR count). The minimum atomic E-state index is -0.498. The maximum atomic E-state index is 12.5. The largest absolute Gasteiger partial charge is 0.368 e. The van der Waals surface area contributed by atoms with Crippen LogP contribution >= 0.6 is 0 Å². The van der Waals surface area contributed by atoms with Gasteiger partial charge in [-0.05, 0) is 19.9 Å². The van der Waals surface area contributed by atoms with Crippen molar-refractivity contribution < 1.29 is 9.59 Å². The maximum Gasteiger partial charge on any atom is 0.258 e. The van der Waals surface area contributed by atoms with Crippen molar-refractivity contribution >= 4 is 11.8 Å². The first-order valence-corrected chi connectivity index (χ1v) is 6.29.